The molecule has 25 heavy (non-hydrogen) atoms. The Morgan fingerprint density at radius 1 is 0.960 bits per heavy atom. The average Bonchev–Trinajstić information content (AvgIpc) is 3.04. The van der Waals surface area contributed by atoms with Crippen LogP contribution >= 0.6 is 11.3 Å². The third-order valence-electron chi connectivity index (χ3n) is 4.84. The predicted molar refractivity (Wildman–Crippen MR) is 98.9 cm³/mol. The van der Waals surface area contributed by atoms with Gasteiger partial charge < -0.3 is 0 Å². The summed E-state index contributed by atoms with van der Waals surface area (Å²) in [6.07, 6.45) is 13.2. The third kappa shape index (κ3) is 3.26. The van der Waals surface area contributed by atoms with Gasteiger partial charge in [0.1, 0.15) is 5.01 Å². The minimum absolute atomic E-state index is 0.152. The number of hydrogen-bond donors (Lipinski definition) is 0. The predicted octanol–water partition coefficient (Wildman–Crippen LogP) is 3.70. The number of hydrogen-bond acceptors (Lipinski definition) is 5. The van der Waals surface area contributed by atoms with Crippen LogP contribution in [0.3, 0.4) is 0 Å². The summed E-state index contributed by atoms with van der Waals surface area (Å²) in [6.45, 7) is 0. The highest BCUT2D eigenvalue weighted by atomic mass is 32.1. The molecule has 0 N–H and O–H groups in total. The molecule has 0 aliphatic heterocycles. The normalized spacial score (nSPS) is 17.6. The van der Waals surface area contributed by atoms with Gasteiger partial charge in [0, 0.05) is 37.4 Å². The summed E-state index contributed by atoms with van der Waals surface area (Å²) in [5.74, 6) is 0. The molecule has 3 heterocycles. The van der Waals surface area contributed by atoms with Crippen molar-refractivity contribution >= 4 is 11.3 Å². The van der Waals surface area contributed by atoms with E-state index < -0.39 is 0 Å². The highest BCUT2D eigenvalue weighted by molar-refractivity contribution is 7.12. The molecule has 0 saturated heterocycles. The van der Waals surface area contributed by atoms with Crippen LogP contribution in [-0.2, 0) is 12.6 Å². The first-order valence-electron chi connectivity index (χ1n) is 8.68. The second-order valence-electron chi connectivity index (χ2n) is 6.49. The van der Waals surface area contributed by atoms with Crippen LogP contribution < -0.4 is 4.80 Å². The fourth-order valence-electron chi connectivity index (χ4n) is 3.51. The second-order valence-corrected chi connectivity index (χ2v) is 7.45. The van der Waals surface area contributed by atoms with E-state index in [1.54, 1.807) is 23.7 Å². The molecule has 0 bridgehead atoms. The molecule has 1 fully saturated rings. The summed E-state index contributed by atoms with van der Waals surface area (Å²) < 4.78 is 1.90. The van der Waals surface area contributed by atoms with Gasteiger partial charge in [0.25, 0.3) is 0 Å². The topological polar surface area (TPSA) is 56.0 Å². The standard InChI is InChI=1S/C19H21N5S/c1-24-18(25-17(23-24)15-5-11-20-12-6-15)22-19(9-3-2-4-10-19)16-7-13-21-14-8-16/h5-8,11-14H,2-4,9-10H2,1H3. The maximum absolute atomic E-state index is 5.24. The maximum atomic E-state index is 5.24. The zero-order valence-electron chi connectivity index (χ0n) is 14.3. The van der Waals surface area contributed by atoms with E-state index in [4.69, 9.17) is 4.99 Å². The monoisotopic (exact) mass is 351 g/mol. The quantitative estimate of drug-likeness (QED) is 0.723. The van der Waals surface area contributed by atoms with Crippen molar-refractivity contribution < 1.29 is 0 Å². The van der Waals surface area contributed by atoms with Gasteiger partial charge in [0.2, 0.25) is 4.80 Å². The zero-order chi connectivity index (χ0) is 17.1. The molecule has 0 spiro atoms. The van der Waals surface area contributed by atoms with E-state index in [9.17, 15) is 0 Å². The van der Waals surface area contributed by atoms with Crippen molar-refractivity contribution in [1.82, 2.24) is 19.7 Å². The first-order valence-corrected chi connectivity index (χ1v) is 9.49. The van der Waals surface area contributed by atoms with Crippen LogP contribution in [0.25, 0.3) is 10.6 Å². The van der Waals surface area contributed by atoms with Gasteiger partial charge in [-0.3, -0.25) is 9.97 Å². The molecule has 0 atom stereocenters. The van der Waals surface area contributed by atoms with Gasteiger partial charge in [-0.1, -0.05) is 30.6 Å². The van der Waals surface area contributed by atoms with Crippen LogP contribution in [0.5, 0.6) is 0 Å². The molecule has 1 aliphatic rings. The van der Waals surface area contributed by atoms with Crippen LogP contribution in [-0.4, -0.2) is 19.7 Å². The molecule has 0 aromatic carbocycles. The molecule has 0 unspecified atom stereocenters. The van der Waals surface area contributed by atoms with Crippen LogP contribution in [0.2, 0.25) is 0 Å². The molecule has 5 nitrogen and oxygen atoms in total. The largest absolute Gasteiger partial charge is 0.265 e. The molecule has 4 rings (SSSR count). The first kappa shape index (κ1) is 16.1. The summed E-state index contributed by atoms with van der Waals surface area (Å²) in [5, 5.41) is 5.65. The van der Waals surface area contributed by atoms with Crippen molar-refractivity contribution in [1.29, 1.82) is 0 Å². The van der Waals surface area contributed by atoms with Crippen molar-refractivity contribution in [3.8, 4) is 10.6 Å². The lowest BCUT2D eigenvalue weighted by Gasteiger charge is -2.33. The smallest absolute Gasteiger partial charge is 0.204 e. The van der Waals surface area contributed by atoms with E-state index >= 15 is 0 Å². The van der Waals surface area contributed by atoms with Gasteiger partial charge in [-0.2, -0.15) is 5.10 Å². The molecule has 1 aliphatic carbocycles. The van der Waals surface area contributed by atoms with E-state index in [-0.39, 0.29) is 5.54 Å². The van der Waals surface area contributed by atoms with Gasteiger partial charge in [-0.15, -0.1) is 0 Å². The Bertz CT molecular complexity index is 892. The Hall–Kier alpha value is -2.34. The van der Waals surface area contributed by atoms with Crippen molar-refractivity contribution in [2.75, 3.05) is 0 Å². The van der Waals surface area contributed by atoms with Crippen molar-refractivity contribution in [3.05, 3.63) is 59.4 Å². The number of pyridine rings is 2. The molecular weight excluding hydrogens is 330 g/mol. The van der Waals surface area contributed by atoms with E-state index in [0.29, 0.717) is 0 Å². The lowest BCUT2D eigenvalue weighted by molar-refractivity contribution is 0.296. The van der Waals surface area contributed by atoms with E-state index in [1.807, 2.05) is 36.3 Å². The van der Waals surface area contributed by atoms with Crippen LogP contribution in [0.4, 0.5) is 0 Å². The number of nitrogens with zero attached hydrogens (tertiary/aromatic N) is 5. The minimum Gasteiger partial charge on any atom is -0.265 e. The van der Waals surface area contributed by atoms with Crippen molar-refractivity contribution in [3.63, 3.8) is 0 Å². The van der Waals surface area contributed by atoms with Gasteiger partial charge in [0.05, 0.1) is 5.54 Å². The lowest BCUT2D eigenvalue weighted by atomic mass is 9.77. The molecule has 128 valence electrons. The van der Waals surface area contributed by atoms with Crippen molar-refractivity contribution in [2.45, 2.75) is 37.6 Å². The highest BCUT2D eigenvalue weighted by Crippen LogP contribution is 2.40. The van der Waals surface area contributed by atoms with Gasteiger partial charge in [0.15, 0.2) is 0 Å². The molecule has 6 heteroatoms. The van der Waals surface area contributed by atoms with Crippen LogP contribution in [0.1, 0.15) is 37.7 Å². The zero-order valence-corrected chi connectivity index (χ0v) is 15.1. The Morgan fingerprint density at radius 3 is 2.28 bits per heavy atom. The van der Waals surface area contributed by atoms with Gasteiger partial charge in [-0.25, -0.2) is 9.67 Å². The summed E-state index contributed by atoms with van der Waals surface area (Å²) >= 11 is 1.64. The third-order valence-corrected chi connectivity index (χ3v) is 5.89. The summed E-state index contributed by atoms with van der Waals surface area (Å²) in [7, 11) is 1.98. The number of rotatable bonds is 3. The molecule has 3 aromatic heterocycles. The Kier molecular flexibility index (Phi) is 4.44. The molecule has 3 aromatic rings. The van der Waals surface area contributed by atoms with E-state index in [2.05, 4.69) is 27.2 Å². The SMILES string of the molecule is Cn1nc(-c2ccncc2)sc1=NC1(c2ccncc2)CCCCC1. The summed E-state index contributed by atoms with van der Waals surface area (Å²) in [4.78, 5) is 14.5. The highest BCUT2D eigenvalue weighted by Gasteiger charge is 2.33. The Labute approximate surface area is 151 Å². The molecule has 1 saturated carbocycles. The van der Waals surface area contributed by atoms with E-state index in [1.165, 1.54) is 24.8 Å². The maximum Gasteiger partial charge on any atom is 0.204 e. The fraction of sp³-hybridized carbons (Fsp3) is 0.368. The van der Waals surface area contributed by atoms with Crippen LogP contribution in [0.15, 0.2) is 54.0 Å². The Balaban J connectivity index is 1.81. The number of aromatic nitrogens is 4. The molecule has 0 radical (unpaired) electrons. The van der Waals surface area contributed by atoms with E-state index in [0.717, 1.165) is 28.2 Å². The minimum atomic E-state index is -0.152. The van der Waals surface area contributed by atoms with Crippen LogP contribution in [0, 0.1) is 0 Å². The number of aryl methyl sites for hydroxylation is 1. The van der Waals surface area contributed by atoms with Crippen molar-refractivity contribution in [2.24, 2.45) is 12.0 Å². The fourth-order valence-corrected chi connectivity index (χ4v) is 4.49. The van der Waals surface area contributed by atoms with Gasteiger partial charge >= 0.3 is 0 Å². The molecular formula is C19H21N5S. The Morgan fingerprint density at radius 2 is 1.60 bits per heavy atom. The molecule has 0 amide bonds. The average molecular weight is 351 g/mol. The summed E-state index contributed by atoms with van der Waals surface area (Å²) in [5.41, 5.74) is 2.20. The first-order chi connectivity index (χ1) is 12.3. The summed E-state index contributed by atoms with van der Waals surface area (Å²) in [6, 6.07) is 8.20. The second kappa shape index (κ2) is 6.88. The van der Waals surface area contributed by atoms with Gasteiger partial charge in [-0.05, 0) is 42.7 Å². The lowest BCUT2D eigenvalue weighted by Crippen LogP contribution is -2.30.